The zero-order valence-electron chi connectivity index (χ0n) is 15.1. The van der Waals surface area contributed by atoms with Gasteiger partial charge in [-0.1, -0.05) is 58.7 Å². The third kappa shape index (κ3) is 3.60. The molecule has 3 aromatic rings. The Labute approximate surface area is 163 Å². The predicted octanol–water partition coefficient (Wildman–Crippen LogP) is 5.07. The minimum absolute atomic E-state index is 0.0969. The number of halogens is 1. The fourth-order valence-corrected chi connectivity index (χ4v) is 3.63. The van der Waals surface area contributed by atoms with E-state index >= 15 is 0 Å². The van der Waals surface area contributed by atoms with Crippen molar-refractivity contribution < 1.29 is 9.32 Å². The van der Waals surface area contributed by atoms with E-state index in [-0.39, 0.29) is 11.9 Å². The van der Waals surface area contributed by atoms with E-state index in [1.165, 1.54) is 5.56 Å². The summed E-state index contributed by atoms with van der Waals surface area (Å²) in [6.45, 7) is 2.68. The SMILES string of the molecule is Cc1ccc(-c2noc([C@@H]3CCCCN3C(=O)c3ccccc3Cl)n2)cc1. The highest BCUT2D eigenvalue weighted by atomic mass is 35.5. The molecule has 0 radical (unpaired) electrons. The van der Waals surface area contributed by atoms with Crippen LogP contribution < -0.4 is 0 Å². The fraction of sp³-hybridized carbons (Fsp3) is 0.286. The van der Waals surface area contributed by atoms with Gasteiger partial charge >= 0.3 is 0 Å². The Morgan fingerprint density at radius 2 is 1.93 bits per heavy atom. The first kappa shape index (κ1) is 17.7. The average molecular weight is 382 g/mol. The second-order valence-corrected chi connectivity index (χ2v) is 7.22. The summed E-state index contributed by atoms with van der Waals surface area (Å²) in [5.74, 6) is 0.923. The van der Waals surface area contributed by atoms with Crippen LogP contribution in [0.5, 0.6) is 0 Å². The number of amides is 1. The van der Waals surface area contributed by atoms with Crippen LogP contribution in [0.4, 0.5) is 0 Å². The van der Waals surface area contributed by atoms with Gasteiger partial charge in [0.2, 0.25) is 11.7 Å². The van der Waals surface area contributed by atoms with E-state index < -0.39 is 0 Å². The molecule has 0 spiro atoms. The second-order valence-electron chi connectivity index (χ2n) is 6.81. The summed E-state index contributed by atoms with van der Waals surface area (Å²) in [6, 6.07) is 14.9. The van der Waals surface area contributed by atoms with E-state index in [2.05, 4.69) is 10.1 Å². The molecule has 1 aromatic heterocycles. The van der Waals surface area contributed by atoms with Gasteiger partial charge in [-0.15, -0.1) is 0 Å². The molecule has 0 aliphatic carbocycles. The van der Waals surface area contributed by atoms with E-state index in [0.717, 1.165) is 24.8 Å². The van der Waals surface area contributed by atoms with Crippen LogP contribution in [-0.2, 0) is 0 Å². The van der Waals surface area contributed by atoms with Crippen LogP contribution in [0, 0.1) is 6.92 Å². The van der Waals surface area contributed by atoms with E-state index in [1.54, 1.807) is 17.0 Å². The molecule has 2 aromatic carbocycles. The van der Waals surface area contributed by atoms with E-state index in [4.69, 9.17) is 16.1 Å². The van der Waals surface area contributed by atoms with Gasteiger partial charge in [0.1, 0.15) is 6.04 Å². The number of benzene rings is 2. The van der Waals surface area contributed by atoms with E-state index in [1.807, 2.05) is 43.3 Å². The zero-order chi connectivity index (χ0) is 18.8. The highest BCUT2D eigenvalue weighted by molar-refractivity contribution is 6.33. The van der Waals surface area contributed by atoms with Crippen molar-refractivity contribution in [1.82, 2.24) is 15.0 Å². The third-order valence-corrected chi connectivity index (χ3v) is 5.23. The van der Waals surface area contributed by atoms with Crippen LogP contribution >= 0.6 is 11.6 Å². The van der Waals surface area contributed by atoms with Gasteiger partial charge in [0.05, 0.1) is 10.6 Å². The molecule has 1 saturated heterocycles. The lowest BCUT2D eigenvalue weighted by Crippen LogP contribution is -2.38. The maximum Gasteiger partial charge on any atom is 0.256 e. The standard InChI is InChI=1S/C21H20ClN3O2/c1-14-9-11-15(12-10-14)19-23-20(27-24-19)18-8-4-5-13-25(18)21(26)16-6-2-3-7-17(16)22/h2-3,6-7,9-12,18H,4-5,8,13H2,1H3/t18-/m0/s1. The van der Waals surface area contributed by atoms with Crippen LogP contribution in [-0.4, -0.2) is 27.5 Å². The summed E-state index contributed by atoms with van der Waals surface area (Å²) >= 11 is 6.23. The molecule has 6 heteroatoms. The van der Waals surface area contributed by atoms with Gasteiger partial charge in [0.25, 0.3) is 5.91 Å². The lowest BCUT2D eigenvalue weighted by atomic mass is 10.0. The summed E-state index contributed by atoms with van der Waals surface area (Å²) < 4.78 is 5.55. The first-order chi connectivity index (χ1) is 13.1. The first-order valence-electron chi connectivity index (χ1n) is 9.09. The topological polar surface area (TPSA) is 59.2 Å². The fourth-order valence-electron chi connectivity index (χ4n) is 3.41. The molecule has 2 heterocycles. The van der Waals surface area contributed by atoms with Gasteiger partial charge < -0.3 is 9.42 Å². The predicted molar refractivity (Wildman–Crippen MR) is 104 cm³/mol. The van der Waals surface area contributed by atoms with Crippen molar-refractivity contribution in [2.75, 3.05) is 6.54 Å². The van der Waals surface area contributed by atoms with Gasteiger partial charge in [0.15, 0.2) is 0 Å². The van der Waals surface area contributed by atoms with Crippen molar-refractivity contribution in [3.63, 3.8) is 0 Å². The summed E-state index contributed by atoms with van der Waals surface area (Å²) in [4.78, 5) is 19.5. The van der Waals surface area contributed by atoms with Crippen molar-refractivity contribution in [1.29, 1.82) is 0 Å². The molecule has 1 fully saturated rings. The number of hydrogen-bond donors (Lipinski definition) is 0. The Hall–Kier alpha value is -2.66. The maximum absolute atomic E-state index is 13.1. The van der Waals surface area contributed by atoms with E-state index in [9.17, 15) is 4.79 Å². The normalized spacial score (nSPS) is 17.1. The Morgan fingerprint density at radius 3 is 2.70 bits per heavy atom. The maximum atomic E-state index is 13.1. The minimum atomic E-state index is -0.228. The minimum Gasteiger partial charge on any atom is -0.337 e. The molecule has 27 heavy (non-hydrogen) atoms. The molecule has 5 nitrogen and oxygen atoms in total. The van der Waals surface area contributed by atoms with Crippen LogP contribution in [0.1, 0.15) is 47.1 Å². The smallest absolute Gasteiger partial charge is 0.256 e. The molecule has 0 unspecified atom stereocenters. The third-order valence-electron chi connectivity index (χ3n) is 4.90. The molecule has 0 N–H and O–H groups in total. The molecular formula is C21H20ClN3O2. The lowest BCUT2D eigenvalue weighted by Gasteiger charge is -2.33. The van der Waals surface area contributed by atoms with Crippen LogP contribution in [0.3, 0.4) is 0 Å². The Balaban J connectivity index is 1.62. The number of likely N-dealkylation sites (tertiary alicyclic amines) is 1. The highest BCUT2D eigenvalue weighted by Gasteiger charge is 2.33. The summed E-state index contributed by atoms with van der Waals surface area (Å²) in [5.41, 5.74) is 2.57. The Kier molecular flexibility index (Phi) is 4.94. The molecule has 1 aliphatic rings. The van der Waals surface area contributed by atoms with Gasteiger partial charge in [-0.25, -0.2) is 0 Å². The molecule has 1 aliphatic heterocycles. The number of carbonyl (C=O) groups excluding carboxylic acids is 1. The molecular weight excluding hydrogens is 362 g/mol. The number of rotatable bonds is 3. The van der Waals surface area contributed by atoms with Crippen LogP contribution in [0.25, 0.3) is 11.4 Å². The highest BCUT2D eigenvalue weighted by Crippen LogP contribution is 2.33. The number of hydrogen-bond acceptors (Lipinski definition) is 4. The van der Waals surface area contributed by atoms with E-state index in [0.29, 0.717) is 28.8 Å². The van der Waals surface area contributed by atoms with Crippen LogP contribution in [0.2, 0.25) is 5.02 Å². The molecule has 138 valence electrons. The largest absolute Gasteiger partial charge is 0.337 e. The number of nitrogens with zero attached hydrogens (tertiary/aromatic N) is 3. The van der Waals surface area contributed by atoms with Crippen molar-refractivity contribution in [3.05, 3.63) is 70.6 Å². The Bertz CT molecular complexity index is 952. The van der Waals surface area contributed by atoms with Gasteiger partial charge in [-0.05, 0) is 38.3 Å². The number of aryl methyl sites for hydroxylation is 1. The zero-order valence-corrected chi connectivity index (χ0v) is 15.8. The number of aromatic nitrogens is 2. The Morgan fingerprint density at radius 1 is 1.15 bits per heavy atom. The quantitative estimate of drug-likeness (QED) is 0.635. The lowest BCUT2D eigenvalue weighted by molar-refractivity contribution is 0.0561. The molecule has 4 rings (SSSR count). The summed E-state index contributed by atoms with van der Waals surface area (Å²) in [6.07, 6.45) is 2.76. The van der Waals surface area contributed by atoms with Crippen molar-refractivity contribution >= 4 is 17.5 Å². The first-order valence-corrected chi connectivity index (χ1v) is 9.47. The number of piperidine rings is 1. The molecule has 0 saturated carbocycles. The molecule has 0 bridgehead atoms. The van der Waals surface area contributed by atoms with Crippen molar-refractivity contribution in [2.24, 2.45) is 0 Å². The van der Waals surface area contributed by atoms with Gasteiger partial charge in [-0.2, -0.15) is 4.98 Å². The number of carbonyl (C=O) groups is 1. The second kappa shape index (κ2) is 7.53. The van der Waals surface area contributed by atoms with Crippen molar-refractivity contribution in [2.45, 2.75) is 32.2 Å². The molecule has 1 atom stereocenters. The average Bonchev–Trinajstić information content (AvgIpc) is 3.18. The van der Waals surface area contributed by atoms with Crippen LogP contribution in [0.15, 0.2) is 53.1 Å². The monoisotopic (exact) mass is 381 g/mol. The molecule has 1 amide bonds. The van der Waals surface area contributed by atoms with Gasteiger partial charge in [0, 0.05) is 12.1 Å². The van der Waals surface area contributed by atoms with Gasteiger partial charge in [-0.3, -0.25) is 4.79 Å². The summed E-state index contributed by atoms with van der Waals surface area (Å²) in [7, 11) is 0. The van der Waals surface area contributed by atoms with Crippen molar-refractivity contribution in [3.8, 4) is 11.4 Å². The summed E-state index contributed by atoms with van der Waals surface area (Å²) in [5, 5.41) is 4.58.